The van der Waals surface area contributed by atoms with E-state index in [1.807, 2.05) is 0 Å². The van der Waals surface area contributed by atoms with Gasteiger partial charge in [-0.05, 0) is 33.4 Å². The van der Waals surface area contributed by atoms with Crippen molar-refractivity contribution >= 4 is 11.3 Å². The van der Waals surface area contributed by atoms with Crippen molar-refractivity contribution in [2.24, 2.45) is 0 Å². The van der Waals surface area contributed by atoms with Gasteiger partial charge in [-0.25, -0.2) is 4.98 Å². The summed E-state index contributed by atoms with van der Waals surface area (Å²) in [6, 6.07) is 0. The van der Waals surface area contributed by atoms with Crippen LogP contribution < -0.4 is 0 Å². The summed E-state index contributed by atoms with van der Waals surface area (Å²) in [6.07, 6.45) is 3.23. The van der Waals surface area contributed by atoms with Crippen molar-refractivity contribution in [1.82, 2.24) is 9.88 Å². The minimum atomic E-state index is 0.205. The number of nitrogens with zero attached hydrogens (tertiary/aromatic N) is 2. The van der Waals surface area contributed by atoms with Gasteiger partial charge >= 0.3 is 0 Å². The van der Waals surface area contributed by atoms with E-state index in [1.165, 1.54) is 30.0 Å². The molecule has 16 heavy (non-hydrogen) atoms. The Morgan fingerprint density at radius 2 is 2.38 bits per heavy atom. The number of aliphatic hydroxyl groups is 1. The second-order valence-corrected chi connectivity index (χ2v) is 5.91. The molecule has 1 aromatic rings. The molecule has 0 radical (unpaired) electrons. The van der Waals surface area contributed by atoms with Crippen molar-refractivity contribution in [1.29, 1.82) is 0 Å². The molecule has 1 N–H and O–H groups in total. The van der Waals surface area contributed by atoms with Crippen molar-refractivity contribution in [3.63, 3.8) is 0 Å². The van der Waals surface area contributed by atoms with Gasteiger partial charge in [0.15, 0.2) is 0 Å². The average Bonchev–Trinajstić information content (AvgIpc) is 2.60. The molecule has 1 atom stereocenters. The summed E-state index contributed by atoms with van der Waals surface area (Å²) in [5.41, 5.74) is 1.28. The third-order valence-corrected chi connectivity index (χ3v) is 4.26. The largest absolute Gasteiger partial charge is 0.396 e. The number of likely N-dealkylation sites (tertiary alicyclic amines) is 1. The van der Waals surface area contributed by atoms with Gasteiger partial charge < -0.3 is 10.0 Å². The van der Waals surface area contributed by atoms with E-state index in [0.29, 0.717) is 12.3 Å². The highest BCUT2D eigenvalue weighted by Crippen LogP contribution is 2.30. The van der Waals surface area contributed by atoms with Crippen LogP contribution in [0.1, 0.15) is 34.3 Å². The smallest absolute Gasteiger partial charge is 0.0953 e. The third-order valence-electron chi connectivity index (χ3n) is 3.21. The molecule has 0 aliphatic carbocycles. The number of hydrogen-bond donors (Lipinski definition) is 1. The van der Waals surface area contributed by atoms with E-state index in [0.717, 1.165) is 11.6 Å². The lowest BCUT2D eigenvalue weighted by Crippen LogP contribution is -2.31. The van der Waals surface area contributed by atoms with Gasteiger partial charge in [-0.1, -0.05) is 0 Å². The molecule has 2 heterocycles. The van der Waals surface area contributed by atoms with Gasteiger partial charge in [0.05, 0.1) is 10.7 Å². The standard InChI is InChI=1S/C12H20N2OS/c1-9-12(13-11(16-9)5-7-15)10-4-3-6-14(2)8-10/h10,15H,3-8H2,1-2H3. The Kier molecular flexibility index (Phi) is 3.95. The maximum Gasteiger partial charge on any atom is 0.0953 e. The lowest BCUT2D eigenvalue weighted by Gasteiger charge is -2.29. The monoisotopic (exact) mass is 240 g/mol. The Hall–Kier alpha value is -0.450. The van der Waals surface area contributed by atoms with Crippen LogP contribution >= 0.6 is 11.3 Å². The topological polar surface area (TPSA) is 36.4 Å². The highest BCUT2D eigenvalue weighted by Gasteiger charge is 2.23. The molecule has 4 heteroatoms. The zero-order valence-electron chi connectivity index (χ0n) is 10.1. The maximum absolute atomic E-state index is 8.93. The van der Waals surface area contributed by atoms with Crippen LogP contribution in [-0.2, 0) is 6.42 Å². The first kappa shape index (κ1) is 12.0. The summed E-state index contributed by atoms with van der Waals surface area (Å²) < 4.78 is 0. The Balaban J connectivity index is 2.12. The van der Waals surface area contributed by atoms with Crippen LogP contribution in [0.15, 0.2) is 0 Å². The first-order chi connectivity index (χ1) is 7.70. The van der Waals surface area contributed by atoms with Crippen molar-refractivity contribution < 1.29 is 5.11 Å². The quantitative estimate of drug-likeness (QED) is 0.875. The molecular formula is C12H20N2OS. The predicted molar refractivity (Wildman–Crippen MR) is 67.1 cm³/mol. The fraction of sp³-hybridized carbons (Fsp3) is 0.750. The molecule has 1 aliphatic rings. The molecule has 1 aliphatic heterocycles. The maximum atomic E-state index is 8.93. The number of aromatic nitrogens is 1. The summed E-state index contributed by atoms with van der Waals surface area (Å²) in [5, 5.41) is 10.0. The summed E-state index contributed by atoms with van der Waals surface area (Å²) >= 11 is 1.74. The Morgan fingerprint density at radius 1 is 1.56 bits per heavy atom. The van der Waals surface area contributed by atoms with E-state index in [4.69, 9.17) is 5.11 Å². The van der Waals surface area contributed by atoms with Gasteiger partial charge in [0, 0.05) is 30.4 Å². The number of aliphatic hydroxyl groups excluding tert-OH is 1. The summed E-state index contributed by atoms with van der Waals surface area (Å²) in [5.74, 6) is 0.599. The van der Waals surface area contributed by atoms with E-state index >= 15 is 0 Å². The lowest BCUT2D eigenvalue weighted by molar-refractivity contribution is 0.248. The molecule has 90 valence electrons. The van der Waals surface area contributed by atoms with Gasteiger partial charge in [0.2, 0.25) is 0 Å². The Bertz CT molecular complexity index is 351. The van der Waals surface area contributed by atoms with Crippen LogP contribution in [0, 0.1) is 6.92 Å². The molecule has 1 fully saturated rings. The minimum Gasteiger partial charge on any atom is -0.396 e. The second kappa shape index (κ2) is 5.25. The average molecular weight is 240 g/mol. The van der Waals surface area contributed by atoms with Crippen LogP contribution in [0.5, 0.6) is 0 Å². The second-order valence-electron chi connectivity index (χ2n) is 4.62. The van der Waals surface area contributed by atoms with Gasteiger partial charge in [-0.3, -0.25) is 0 Å². The van der Waals surface area contributed by atoms with E-state index in [-0.39, 0.29) is 6.61 Å². The molecule has 0 amide bonds. The minimum absolute atomic E-state index is 0.205. The summed E-state index contributed by atoms with van der Waals surface area (Å²) in [6.45, 7) is 4.70. The zero-order valence-corrected chi connectivity index (χ0v) is 10.9. The zero-order chi connectivity index (χ0) is 11.5. The molecule has 1 aromatic heterocycles. The van der Waals surface area contributed by atoms with Crippen molar-refractivity contribution in [3.05, 3.63) is 15.6 Å². The van der Waals surface area contributed by atoms with E-state index < -0.39 is 0 Å². The first-order valence-corrected chi connectivity index (χ1v) is 6.78. The Labute approximate surface area is 101 Å². The number of rotatable bonds is 3. The number of piperidine rings is 1. The molecular weight excluding hydrogens is 220 g/mol. The molecule has 0 bridgehead atoms. The lowest BCUT2D eigenvalue weighted by atomic mass is 9.94. The van der Waals surface area contributed by atoms with Crippen LogP contribution in [0.25, 0.3) is 0 Å². The van der Waals surface area contributed by atoms with Crippen molar-refractivity contribution in [2.75, 3.05) is 26.7 Å². The molecule has 2 rings (SSSR count). The molecule has 0 aromatic carbocycles. The summed E-state index contributed by atoms with van der Waals surface area (Å²) in [7, 11) is 2.18. The first-order valence-electron chi connectivity index (χ1n) is 5.96. The third kappa shape index (κ3) is 2.62. The van der Waals surface area contributed by atoms with E-state index in [9.17, 15) is 0 Å². The van der Waals surface area contributed by atoms with E-state index in [2.05, 4.69) is 23.9 Å². The highest BCUT2D eigenvalue weighted by atomic mass is 32.1. The number of aryl methyl sites for hydroxylation is 1. The number of likely N-dealkylation sites (N-methyl/N-ethyl adjacent to an activating group) is 1. The SMILES string of the molecule is Cc1sc(CCO)nc1C1CCCN(C)C1. The van der Waals surface area contributed by atoms with Crippen LogP contribution in [-0.4, -0.2) is 41.7 Å². The molecule has 0 spiro atoms. The number of thiazole rings is 1. The normalized spacial score (nSPS) is 22.6. The highest BCUT2D eigenvalue weighted by molar-refractivity contribution is 7.11. The van der Waals surface area contributed by atoms with Gasteiger partial charge in [-0.15, -0.1) is 11.3 Å². The van der Waals surface area contributed by atoms with Crippen molar-refractivity contribution in [3.8, 4) is 0 Å². The molecule has 1 saturated heterocycles. The van der Waals surface area contributed by atoms with Gasteiger partial charge in [0.25, 0.3) is 0 Å². The Morgan fingerprint density at radius 3 is 3.06 bits per heavy atom. The summed E-state index contributed by atoms with van der Waals surface area (Å²) in [4.78, 5) is 8.41. The van der Waals surface area contributed by atoms with Crippen LogP contribution in [0.4, 0.5) is 0 Å². The van der Waals surface area contributed by atoms with Crippen molar-refractivity contribution in [2.45, 2.75) is 32.1 Å². The van der Waals surface area contributed by atoms with Crippen LogP contribution in [0.3, 0.4) is 0 Å². The van der Waals surface area contributed by atoms with Gasteiger partial charge in [-0.2, -0.15) is 0 Å². The predicted octanol–water partition coefficient (Wildman–Crippen LogP) is 1.80. The fourth-order valence-electron chi connectivity index (χ4n) is 2.44. The fourth-order valence-corrected chi connectivity index (χ4v) is 3.44. The van der Waals surface area contributed by atoms with Gasteiger partial charge in [0.1, 0.15) is 0 Å². The molecule has 1 unspecified atom stereocenters. The molecule has 0 saturated carbocycles. The van der Waals surface area contributed by atoms with Crippen LogP contribution in [0.2, 0.25) is 0 Å². The number of hydrogen-bond acceptors (Lipinski definition) is 4. The molecule has 3 nitrogen and oxygen atoms in total. The van der Waals surface area contributed by atoms with E-state index in [1.54, 1.807) is 11.3 Å².